The number of aromatic nitrogens is 1. The summed E-state index contributed by atoms with van der Waals surface area (Å²) in [6, 6.07) is 25.0. The van der Waals surface area contributed by atoms with Crippen molar-refractivity contribution in [2.75, 3.05) is 6.26 Å². The monoisotopic (exact) mass is 309 g/mol. The van der Waals surface area contributed by atoms with Crippen molar-refractivity contribution in [3.8, 4) is 22.5 Å². The van der Waals surface area contributed by atoms with Crippen LogP contribution in [0.1, 0.15) is 0 Å². The van der Waals surface area contributed by atoms with Gasteiger partial charge in [-0.25, -0.2) is 0 Å². The highest BCUT2D eigenvalue weighted by atomic mass is 32.2. The van der Waals surface area contributed by atoms with E-state index in [2.05, 4.69) is 65.2 Å². The zero-order chi connectivity index (χ0) is 14.7. The third-order valence-corrected chi connectivity index (χ3v) is 4.59. The predicted octanol–water partition coefficient (Wildman–Crippen LogP) is 5.32. The Labute approximate surface area is 134 Å². The molecule has 104 valence electrons. The standard InChI is InChI=1S/C18H15NS2/c1-21-18(20)19-16(14-8-4-2-5-9-14)12-13-17(19)15-10-6-3-7-11-15/h2-13H,1H3. The maximum absolute atomic E-state index is 5.58. The number of thiocarbonyl (C=S) groups is 1. The second kappa shape index (κ2) is 6.29. The zero-order valence-corrected chi connectivity index (χ0v) is 13.3. The van der Waals surface area contributed by atoms with Gasteiger partial charge in [-0.05, 0) is 29.5 Å². The molecule has 1 nitrogen and oxygen atoms in total. The summed E-state index contributed by atoms with van der Waals surface area (Å²) in [5, 5.41) is 0. The van der Waals surface area contributed by atoms with Crippen LogP contribution >= 0.6 is 24.0 Å². The van der Waals surface area contributed by atoms with E-state index in [4.69, 9.17) is 12.2 Å². The lowest BCUT2D eigenvalue weighted by molar-refractivity contribution is 1.23. The van der Waals surface area contributed by atoms with E-state index in [1.165, 1.54) is 11.1 Å². The van der Waals surface area contributed by atoms with Gasteiger partial charge in [-0.2, -0.15) is 0 Å². The van der Waals surface area contributed by atoms with Crippen molar-refractivity contribution in [3.63, 3.8) is 0 Å². The van der Waals surface area contributed by atoms with Gasteiger partial charge in [0.1, 0.15) is 4.32 Å². The normalized spacial score (nSPS) is 10.5. The van der Waals surface area contributed by atoms with Gasteiger partial charge in [0.2, 0.25) is 0 Å². The Morgan fingerprint density at radius 1 is 0.762 bits per heavy atom. The smallest absolute Gasteiger partial charge is 0.145 e. The van der Waals surface area contributed by atoms with E-state index in [-0.39, 0.29) is 0 Å². The minimum absolute atomic E-state index is 0.859. The summed E-state index contributed by atoms with van der Waals surface area (Å²) in [4.78, 5) is 0. The molecule has 3 heteroatoms. The number of rotatable bonds is 2. The summed E-state index contributed by atoms with van der Waals surface area (Å²) < 4.78 is 3.02. The Hall–Kier alpha value is -1.84. The lowest BCUT2D eigenvalue weighted by Crippen LogP contribution is -2.07. The third-order valence-electron chi connectivity index (χ3n) is 3.38. The molecule has 0 radical (unpaired) electrons. The van der Waals surface area contributed by atoms with Crippen LogP contribution in [0.3, 0.4) is 0 Å². The molecule has 0 aliphatic heterocycles. The van der Waals surface area contributed by atoms with E-state index >= 15 is 0 Å². The highest BCUT2D eigenvalue weighted by Gasteiger charge is 2.14. The third kappa shape index (κ3) is 2.80. The fraction of sp³-hybridized carbons (Fsp3) is 0.0556. The van der Waals surface area contributed by atoms with Gasteiger partial charge < -0.3 is 0 Å². The topological polar surface area (TPSA) is 4.93 Å². The van der Waals surface area contributed by atoms with Gasteiger partial charge in [-0.3, -0.25) is 4.57 Å². The zero-order valence-electron chi connectivity index (χ0n) is 11.7. The molecule has 0 N–H and O–H groups in total. The summed E-state index contributed by atoms with van der Waals surface area (Å²) in [5.74, 6) is 0. The first-order valence-corrected chi connectivity index (χ1v) is 8.35. The average molecular weight is 309 g/mol. The molecule has 0 aliphatic rings. The summed E-state index contributed by atoms with van der Waals surface area (Å²) >= 11 is 7.17. The van der Waals surface area contributed by atoms with Crippen LogP contribution in [0.5, 0.6) is 0 Å². The van der Waals surface area contributed by atoms with Gasteiger partial charge in [0.05, 0.1) is 11.4 Å². The Morgan fingerprint density at radius 3 is 1.57 bits per heavy atom. The highest BCUT2D eigenvalue weighted by molar-refractivity contribution is 8.22. The molecule has 3 aromatic rings. The van der Waals surface area contributed by atoms with E-state index in [9.17, 15) is 0 Å². The minimum Gasteiger partial charge on any atom is -0.295 e. The summed E-state index contributed by atoms with van der Waals surface area (Å²) in [7, 11) is 0. The largest absolute Gasteiger partial charge is 0.295 e. The minimum atomic E-state index is 0.859. The van der Waals surface area contributed by atoms with Crippen LogP contribution in [0.2, 0.25) is 0 Å². The molecule has 0 spiro atoms. The van der Waals surface area contributed by atoms with Gasteiger partial charge in [-0.15, -0.1) is 0 Å². The molecular formula is C18H15NS2. The first-order valence-electron chi connectivity index (χ1n) is 6.72. The average Bonchev–Trinajstić information content (AvgIpc) is 3.00. The van der Waals surface area contributed by atoms with E-state index in [0.29, 0.717) is 0 Å². The summed E-state index contributed by atoms with van der Waals surface area (Å²) in [6.07, 6.45) is 2.02. The SMILES string of the molecule is CSC(=S)n1c(-c2ccccc2)ccc1-c1ccccc1. The van der Waals surface area contributed by atoms with Crippen molar-refractivity contribution in [2.24, 2.45) is 0 Å². The second-order valence-corrected chi connectivity index (χ2v) is 6.08. The van der Waals surface area contributed by atoms with E-state index in [0.717, 1.165) is 15.7 Å². The molecule has 0 fully saturated rings. The van der Waals surface area contributed by atoms with Gasteiger partial charge in [-0.1, -0.05) is 84.6 Å². The maximum atomic E-state index is 5.58. The fourth-order valence-corrected chi connectivity index (χ4v) is 2.97. The molecular weight excluding hydrogens is 294 g/mol. The molecule has 3 rings (SSSR count). The second-order valence-electron chi connectivity index (χ2n) is 4.64. The van der Waals surface area contributed by atoms with Crippen LogP contribution in [0.4, 0.5) is 0 Å². The molecule has 21 heavy (non-hydrogen) atoms. The summed E-state index contributed by atoms with van der Waals surface area (Å²) in [5.41, 5.74) is 4.62. The number of hydrogen-bond acceptors (Lipinski definition) is 2. The van der Waals surface area contributed by atoms with Crippen molar-refractivity contribution in [2.45, 2.75) is 0 Å². The first kappa shape index (κ1) is 14.1. The Bertz CT molecular complexity index is 688. The van der Waals surface area contributed by atoms with Gasteiger partial charge in [0.25, 0.3) is 0 Å². The lowest BCUT2D eigenvalue weighted by Gasteiger charge is -2.13. The molecule has 0 aliphatic carbocycles. The lowest BCUT2D eigenvalue weighted by atomic mass is 10.1. The van der Waals surface area contributed by atoms with Crippen LogP contribution in [0.15, 0.2) is 72.8 Å². The van der Waals surface area contributed by atoms with Crippen LogP contribution < -0.4 is 0 Å². The van der Waals surface area contributed by atoms with Crippen molar-refractivity contribution in [1.82, 2.24) is 4.57 Å². The molecule has 0 bridgehead atoms. The van der Waals surface area contributed by atoms with Gasteiger partial charge in [0, 0.05) is 0 Å². The van der Waals surface area contributed by atoms with E-state index in [1.807, 2.05) is 18.4 Å². The van der Waals surface area contributed by atoms with Gasteiger partial charge >= 0.3 is 0 Å². The van der Waals surface area contributed by atoms with Crippen LogP contribution in [0, 0.1) is 0 Å². The maximum Gasteiger partial charge on any atom is 0.145 e. The molecule has 1 heterocycles. The van der Waals surface area contributed by atoms with E-state index in [1.54, 1.807) is 11.8 Å². The molecule has 0 saturated heterocycles. The fourth-order valence-electron chi connectivity index (χ4n) is 2.39. The van der Waals surface area contributed by atoms with Crippen molar-refractivity contribution in [1.29, 1.82) is 0 Å². The van der Waals surface area contributed by atoms with E-state index < -0.39 is 0 Å². The van der Waals surface area contributed by atoms with Crippen LogP contribution in [-0.4, -0.2) is 15.1 Å². The summed E-state index contributed by atoms with van der Waals surface area (Å²) in [6.45, 7) is 0. The Balaban J connectivity index is 2.19. The molecule has 0 saturated carbocycles. The van der Waals surface area contributed by atoms with Crippen molar-refractivity contribution >= 4 is 28.3 Å². The number of nitrogens with zero attached hydrogens (tertiary/aromatic N) is 1. The first-order chi connectivity index (χ1) is 10.3. The number of thioether (sulfide) groups is 1. The Kier molecular flexibility index (Phi) is 4.23. The Morgan fingerprint density at radius 2 is 1.19 bits per heavy atom. The molecule has 1 aromatic heterocycles. The number of hydrogen-bond donors (Lipinski definition) is 0. The van der Waals surface area contributed by atoms with Crippen molar-refractivity contribution in [3.05, 3.63) is 72.8 Å². The van der Waals surface area contributed by atoms with Crippen molar-refractivity contribution < 1.29 is 0 Å². The molecule has 0 atom stereocenters. The quantitative estimate of drug-likeness (QED) is 0.590. The van der Waals surface area contributed by atoms with Crippen LogP contribution in [-0.2, 0) is 0 Å². The number of benzene rings is 2. The van der Waals surface area contributed by atoms with Crippen LogP contribution in [0.25, 0.3) is 22.5 Å². The van der Waals surface area contributed by atoms with Gasteiger partial charge in [0.15, 0.2) is 0 Å². The predicted molar refractivity (Wildman–Crippen MR) is 96.8 cm³/mol. The molecule has 2 aromatic carbocycles. The molecule has 0 unspecified atom stereocenters. The molecule has 0 amide bonds. The highest BCUT2D eigenvalue weighted by Crippen LogP contribution is 2.30.